The van der Waals surface area contributed by atoms with Crippen LogP contribution < -0.4 is 4.74 Å². The van der Waals surface area contributed by atoms with Gasteiger partial charge in [-0.3, -0.25) is 0 Å². The average molecular weight is 251 g/mol. The Bertz CT molecular complexity index is 482. The molecule has 0 fully saturated rings. The third-order valence-corrected chi connectivity index (χ3v) is 2.91. The second-order valence-electron chi connectivity index (χ2n) is 3.79. The van der Waals surface area contributed by atoms with Gasteiger partial charge >= 0.3 is 0 Å². The lowest BCUT2D eigenvalue weighted by Gasteiger charge is -2.09. The number of hydrogen-bond donors (Lipinski definition) is 0. The maximum atomic E-state index is 5.84. The molecule has 0 bridgehead atoms. The SMILES string of the molecule is Cn1ccnc1CCOc1ccccc1CCl. The molecule has 0 atom stereocenters. The van der Waals surface area contributed by atoms with Crippen molar-refractivity contribution in [1.82, 2.24) is 9.55 Å². The van der Waals surface area contributed by atoms with Crippen molar-refractivity contribution in [2.45, 2.75) is 12.3 Å². The molecule has 4 heteroatoms. The number of imidazole rings is 1. The van der Waals surface area contributed by atoms with Crippen LogP contribution in [0.2, 0.25) is 0 Å². The molecule has 0 radical (unpaired) electrons. The van der Waals surface area contributed by atoms with Gasteiger partial charge in [0.15, 0.2) is 0 Å². The van der Waals surface area contributed by atoms with Gasteiger partial charge in [-0.05, 0) is 6.07 Å². The van der Waals surface area contributed by atoms with Gasteiger partial charge in [0, 0.05) is 31.4 Å². The Hall–Kier alpha value is -1.48. The summed E-state index contributed by atoms with van der Waals surface area (Å²) in [6.45, 7) is 0.610. The highest BCUT2D eigenvalue weighted by molar-refractivity contribution is 6.17. The first-order valence-corrected chi connectivity index (χ1v) is 6.07. The predicted octanol–water partition coefficient (Wildman–Crippen LogP) is 2.78. The van der Waals surface area contributed by atoms with Crippen LogP contribution in [0.15, 0.2) is 36.7 Å². The molecule has 2 aromatic rings. The number of benzene rings is 1. The maximum absolute atomic E-state index is 5.84. The van der Waals surface area contributed by atoms with E-state index in [-0.39, 0.29) is 0 Å². The molecule has 0 unspecified atom stereocenters. The van der Waals surface area contributed by atoms with Crippen LogP contribution in [-0.4, -0.2) is 16.2 Å². The van der Waals surface area contributed by atoms with Crippen molar-refractivity contribution in [2.75, 3.05) is 6.61 Å². The molecular weight excluding hydrogens is 236 g/mol. The van der Waals surface area contributed by atoms with Gasteiger partial charge in [0.2, 0.25) is 0 Å². The largest absolute Gasteiger partial charge is 0.493 e. The van der Waals surface area contributed by atoms with Gasteiger partial charge in [-0.1, -0.05) is 18.2 Å². The van der Waals surface area contributed by atoms with E-state index in [9.17, 15) is 0 Å². The zero-order chi connectivity index (χ0) is 12.1. The number of rotatable bonds is 5. The summed E-state index contributed by atoms with van der Waals surface area (Å²) in [5.74, 6) is 2.35. The lowest BCUT2D eigenvalue weighted by atomic mass is 10.2. The Balaban J connectivity index is 1.92. The fourth-order valence-corrected chi connectivity index (χ4v) is 1.87. The Morgan fingerprint density at radius 3 is 2.88 bits per heavy atom. The molecule has 0 amide bonds. The Labute approximate surface area is 106 Å². The maximum Gasteiger partial charge on any atom is 0.123 e. The lowest BCUT2D eigenvalue weighted by Crippen LogP contribution is -2.07. The van der Waals surface area contributed by atoms with Gasteiger partial charge < -0.3 is 9.30 Å². The van der Waals surface area contributed by atoms with E-state index < -0.39 is 0 Å². The van der Waals surface area contributed by atoms with Crippen LogP contribution in [0.5, 0.6) is 5.75 Å². The number of ether oxygens (including phenoxy) is 1. The van der Waals surface area contributed by atoms with Crippen LogP contribution in [0.4, 0.5) is 0 Å². The second kappa shape index (κ2) is 5.73. The molecule has 0 aliphatic heterocycles. The first-order chi connectivity index (χ1) is 8.31. The summed E-state index contributed by atoms with van der Waals surface area (Å²) in [6.07, 6.45) is 4.52. The monoisotopic (exact) mass is 250 g/mol. The van der Waals surface area contributed by atoms with Crippen LogP contribution in [0.25, 0.3) is 0 Å². The van der Waals surface area contributed by atoms with Crippen molar-refractivity contribution in [1.29, 1.82) is 0 Å². The van der Waals surface area contributed by atoms with Crippen molar-refractivity contribution in [3.05, 3.63) is 48.0 Å². The quantitative estimate of drug-likeness (QED) is 0.763. The number of nitrogens with zero attached hydrogens (tertiary/aromatic N) is 2. The number of halogens is 1. The number of alkyl halides is 1. The molecule has 17 heavy (non-hydrogen) atoms. The minimum absolute atomic E-state index is 0.471. The van der Waals surface area contributed by atoms with Gasteiger partial charge in [-0.2, -0.15) is 0 Å². The third kappa shape index (κ3) is 3.01. The molecular formula is C13H15ClN2O. The van der Waals surface area contributed by atoms with Gasteiger partial charge in [0.05, 0.1) is 12.5 Å². The molecule has 2 rings (SSSR count). The molecule has 90 valence electrons. The topological polar surface area (TPSA) is 27.1 Å². The molecule has 0 saturated heterocycles. The predicted molar refractivity (Wildman–Crippen MR) is 68.4 cm³/mol. The second-order valence-corrected chi connectivity index (χ2v) is 4.06. The van der Waals surface area contributed by atoms with E-state index in [1.807, 2.05) is 42.1 Å². The van der Waals surface area contributed by atoms with Crippen molar-refractivity contribution in [3.63, 3.8) is 0 Å². The van der Waals surface area contributed by atoms with Gasteiger partial charge in [0.25, 0.3) is 0 Å². The van der Waals surface area contributed by atoms with Crippen molar-refractivity contribution < 1.29 is 4.74 Å². The number of para-hydroxylation sites is 1. The van der Waals surface area contributed by atoms with Crippen molar-refractivity contribution in [2.24, 2.45) is 7.05 Å². The summed E-state index contributed by atoms with van der Waals surface area (Å²) < 4.78 is 7.72. The lowest BCUT2D eigenvalue weighted by molar-refractivity contribution is 0.315. The van der Waals surface area contributed by atoms with E-state index in [1.165, 1.54) is 0 Å². The third-order valence-electron chi connectivity index (χ3n) is 2.62. The van der Waals surface area contributed by atoms with Crippen LogP contribution >= 0.6 is 11.6 Å². The fraction of sp³-hybridized carbons (Fsp3) is 0.308. The fourth-order valence-electron chi connectivity index (χ4n) is 1.64. The first-order valence-electron chi connectivity index (χ1n) is 5.54. The van der Waals surface area contributed by atoms with Crippen molar-refractivity contribution >= 4 is 11.6 Å². The molecule has 0 saturated carbocycles. The van der Waals surface area contributed by atoms with Crippen LogP contribution in [-0.2, 0) is 19.3 Å². The van der Waals surface area contributed by atoms with E-state index in [0.717, 1.165) is 23.6 Å². The van der Waals surface area contributed by atoms with Gasteiger partial charge in [0.1, 0.15) is 11.6 Å². The molecule has 1 aromatic heterocycles. The first kappa shape index (κ1) is 12.0. The van der Waals surface area contributed by atoms with E-state index >= 15 is 0 Å². The smallest absolute Gasteiger partial charge is 0.123 e. The highest BCUT2D eigenvalue weighted by Crippen LogP contribution is 2.19. The Morgan fingerprint density at radius 1 is 1.35 bits per heavy atom. The van der Waals surface area contributed by atoms with Crippen LogP contribution in [0, 0.1) is 0 Å². The summed E-state index contributed by atoms with van der Waals surface area (Å²) in [5, 5.41) is 0. The summed E-state index contributed by atoms with van der Waals surface area (Å²) in [4.78, 5) is 4.25. The summed E-state index contributed by atoms with van der Waals surface area (Å²) >= 11 is 5.84. The molecule has 3 nitrogen and oxygen atoms in total. The Morgan fingerprint density at radius 2 is 2.18 bits per heavy atom. The minimum atomic E-state index is 0.471. The zero-order valence-electron chi connectivity index (χ0n) is 9.77. The van der Waals surface area contributed by atoms with E-state index in [4.69, 9.17) is 16.3 Å². The molecule has 0 aliphatic rings. The summed E-state index contributed by atoms with van der Waals surface area (Å²) in [6, 6.07) is 7.83. The van der Waals surface area contributed by atoms with Gasteiger partial charge in [-0.15, -0.1) is 11.6 Å². The van der Waals surface area contributed by atoms with Gasteiger partial charge in [-0.25, -0.2) is 4.98 Å². The normalized spacial score (nSPS) is 10.5. The molecule has 1 aromatic carbocycles. The summed E-state index contributed by atoms with van der Waals surface area (Å²) in [5.41, 5.74) is 1.02. The van der Waals surface area contributed by atoms with E-state index in [0.29, 0.717) is 12.5 Å². The number of aromatic nitrogens is 2. The number of hydrogen-bond acceptors (Lipinski definition) is 2. The molecule has 0 spiro atoms. The number of aryl methyl sites for hydroxylation is 1. The summed E-state index contributed by atoms with van der Waals surface area (Å²) in [7, 11) is 1.98. The molecule has 0 aliphatic carbocycles. The molecule has 1 heterocycles. The average Bonchev–Trinajstić information content (AvgIpc) is 2.76. The van der Waals surface area contributed by atoms with E-state index in [1.54, 1.807) is 6.20 Å². The zero-order valence-corrected chi connectivity index (χ0v) is 10.5. The molecule has 0 N–H and O–H groups in total. The van der Waals surface area contributed by atoms with Crippen LogP contribution in [0.3, 0.4) is 0 Å². The van der Waals surface area contributed by atoms with Crippen LogP contribution in [0.1, 0.15) is 11.4 Å². The standard InChI is InChI=1S/C13H15ClN2O/c1-16-8-7-15-13(16)6-9-17-12-5-3-2-4-11(12)10-14/h2-5,7-8H,6,9-10H2,1H3. The highest BCUT2D eigenvalue weighted by atomic mass is 35.5. The highest BCUT2D eigenvalue weighted by Gasteiger charge is 2.03. The Kier molecular flexibility index (Phi) is 4.04. The van der Waals surface area contributed by atoms with Crippen molar-refractivity contribution in [3.8, 4) is 5.75 Å². The van der Waals surface area contributed by atoms with E-state index in [2.05, 4.69) is 4.98 Å². The minimum Gasteiger partial charge on any atom is -0.493 e.